The predicted molar refractivity (Wildman–Crippen MR) is 379 cm³/mol. The molecule has 6 heteroatoms. The van der Waals surface area contributed by atoms with Crippen LogP contribution in [0.4, 0.5) is 0 Å². The van der Waals surface area contributed by atoms with E-state index in [1.165, 1.54) is 180 Å². The van der Waals surface area contributed by atoms with Crippen molar-refractivity contribution >= 4 is 163 Å². The lowest BCUT2D eigenvalue weighted by Gasteiger charge is -2.11. The Balaban J connectivity index is 0.740. The Morgan fingerprint density at radius 2 is 0.489 bits per heavy atom. The fourth-order valence-corrected chi connectivity index (χ4v) is 16.8. The van der Waals surface area contributed by atoms with Gasteiger partial charge in [0.1, 0.15) is 0 Å². The second-order valence-corrected chi connectivity index (χ2v) is 24.7. The first-order valence-corrected chi connectivity index (χ1v) is 31.2. The van der Waals surface area contributed by atoms with Crippen molar-refractivity contribution in [2.75, 3.05) is 0 Å². The fourth-order valence-electron chi connectivity index (χ4n) is 16.8. The van der Waals surface area contributed by atoms with Crippen LogP contribution in [0, 0.1) is 0 Å². The molecule has 0 amide bonds. The first-order valence-electron chi connectivity index (χ1n) is 31.2. The maximum atomic E-state index is 2.55. The van der Waals surface area contributed by atoms with Crippen molar-refractivity contribution in [1.82, 2.24) is 27.1 Å². The molecule has 8 heterocycles. The largest absolute Gasteiger partial charge is 0.309 e. The summed E-state index contributed by atoms with van der Waals surface area (Å²) in [4.78, 5) is 0. The molecule has 90 heavy (non-hydrogen) atoms. The van der Waals surface area contributed by atoms with E-state index in [0.29, 0.717) is 0 Å². The van der Waals surface area contributed by atoms with E-state index in [-0.39, 0.29) is 0 Å². The summed E-state index contributed by atoms with van der Waals surface area (Å²) in [5.41, 5.74) is 24.0. The average Bonchev–Trinajstić information content (AvgIpc) is 1.53. The number of para-hydroxylation sites is 8. The Kier molecular flexibility index (Phi) is 8.84. The van der Waals surface area contributed by atoms with E-state index in [1.807, 2.05) is 0 Å². The fraction of sp³-hybridized carbons (Fsp3) is 0. The molecule has 0 fully saturated rings. The quantitative estimate of drug-likeness (QED) is 0.164. The molecule has 22 aromatic rings. The highest BCUT2D eigenvalue weighted by atomic mass is 15.0. The van der Waals surface area contributed by atoms with Crippen molar-refractivity contribution in [3.8, 4) is 33.9 Å². The van der Waals surface area contributed by atoms with E-state index in [4.69, 9.17) is 0 Å². The van der Waals surface area contributed by atoms with Gasteiger partial charge in [0.15, 0.2) is 0 Å². The van der Waals surface area contributed by atoms with Gasteiger partial charge in [-0.1, -0.05) is 176 Å². The summed E-state index contributed by atoms with van der Waals surface area (Å²) in [6, 6.07) is 109. The molecule has 0 aliphatic carbocycles. The van der Waals surface area contributed by atoms with Crippen LogP contribution >= 0.6 is 0 Å². The van der Waals surface area contributed by atoms with Gasteiger partial charge in [-0.3, -0.25) is 0 Å². The van der Waals surface area contributed by atoms with Gasteiger partial charge in [0, 0.05) is 109 Å². The highest BCUT2D eigenvalue weighted by Gasteiger charge is 2.28. The van der Waals surface area contributed by atoms with Gasteiger partial charge in [-0.2, -0.15) is 0 Å². The van der Waals surface area contributed by atoms with Crippen LogP contribution in [0.5, 0.6) is 0 Å². The molecule has 0 atom stereocenters. The summed E-state index contributed by atoms with van der Waals surface area (Å²) in [5, 5.41) is 20.1. The van der Waals surface area contributed by atoms with E-state index in [0.717, 1.165) is 17.1 Å². The average molecular weight is 1140 g/mol. The van der Waals surface area contributed by atoms with Gasteiger partial charge in [-0.05, 0) is 126 Å². The minimum Gasteiger partial charge on any atom is -0.309 e. The van der Waals surface area contributed by atoms with Crippen LogP contribution in [-0.2, 0) is 0 Å². The monoisotopic (exact) mass is 1140 g/mol. The van der Waals surface area contributed by atoms with Gasteiger partial charge in [-0.15, -0.1) is 0 Å². The molecular weight excluding hydrogens is 1090 g/mol. The molecule has 6 nitrogen and oxygen atoms in total. The normalized spacial score (nSPS) is 12.7. The van der Waals surface area contributed by atoms with E-state index in [9.17, 15) is 0 Å². The molecule has 0 aliphatic heterocycles. The van der Waals surface area contributed by atoms with Gasteiger partial charge in [0.25, 0.3) is 0 Å². The summed E-state index contributed by atoms with van der Waals surface area (Å²) >= 11 is 0. The summed E-state index contributed by atoms with van der Waals surface area (Å²) in [7, 11) is 0. The van der Waals surface area contributed by atoms with Gasteiger partial charge in [0.2, 0.25) is 0 Å². The summed E-state index contributed by atoms with van der Waals surface area (Å²) in [5.74, 6) is 0. The topological polar surface area (TPSA) is 28.5 Å². The molecule has 0 radical (unpaired) electrons. The highest BCUT2D eigenvalue weighted by Crippen LogP contribution is 2.50. The van der Waals surface area contributed by atoms with Crippen molar-refractivity contribution in [2.24, 2.45) is 0 Å². The third-order valence-electron chi connectivity index (χ3n) is 20.4. The van der Waals surface area contributed by atoms with Gasteiger partial charge in [0.05, 0.1) is 77.2 Å². The number of fused-ring (bicyclic) bond motifs is 26. The molecule has 22 rings (SSSR count). The molecule has 0 spiro atoms. The van der Waals surface area contributed by atoms with Crippen molar-refractivity contribution in [3.63, 3.8) is 0 Å². The zero-order chi connectivity index (χ0) is 58.2. The summed E-state index contributed by atoms with van der Waals surface area (Å²) < 4.78 is 15.0. The van der Waals surface area contributed by atoms with E-state index < -0.39 is 0 Å². The number of benzene rings is 14. The molecular formula is C84H48N6. The first kappa shape index (κ1) is 47.1. The lowest BCUT2D eigenvalue weighted by molar-refractivity contribution is 1.18. The Hall–Kier alpha value is -12.1. The van der Waals surface area contributed by atoms with Crippen molar-refractivity contribution in [2.45, 2.75) is 0 Å². The third kappa shape index (κ3) is 5.84. The summed E-state index contributed by atoms with van der Waals surface area (Å²) in [6.07, 6.45) is 0. The van der Waals surface area contributed by atoms with Gasteiger partial charge < -0.3 is 27.1 Å². The van der Waals surface area contributed by atoms with E-state index in [1.54, 1.807) is 0 Å². The smallest absolute Gasteiger partial charge is 0.0641 e. The van der Waals surface area contributed by atoms with Crippen molar-refractivity contribution in [3.05, 3.63) is 291 Å². The molecule has 0 unspecified atom stereocenters. The van der Waals surface area contributed by atoms with Crippen LogP contribution in [0.15, 0.2) is 291 Å². The molecule has 0 bridgehead atoms. The van der Waals surface area contributed by atoms with E-state index in [2.05, 4.69) is 318 Å². The summed E-state index contributed by atoms with van der Waals surface area (Å²) in [6.45, 7) is 0. The highest BCUT2D eigenvalue weighted by molar-refractivity contribution is 6.35. The van der Waals surface area contributed by atoms with Crippen molar-refractivity contribution in [1.29, 1.82) is 0 Å². The molecule has 14 aromatic carbocycles. The molecule has 0 saturated heterocycles. The van der Waals surface area contributed by atoms with Gasteiger partial charge in [-0.25, -0.2) is 0 Å². The SMILES string of the molecule is c1ccc(-n2c3ccccc3c3cc4c(cc32)c2cccc3c5cc6c(cc5n4c23)c2ccccc2n6-c2cccc(-c3ccc4c(c3)c3ccc5c(c6cccc7c8c9c(ccc8n5c76)c5ccccc5n9-c5ccccc5)c3n4-c3ccccc3)c2)cc1. The first-order chi connectivity index (χ1) is 44.7. The minimum atomic E-state index is 1.13. The second-order valence-electron chi connectivity index (χ2n) is 24.7. The standard InChI is InChI=1S/C84H48N6/c1-4-20-51(21-5-1)85-69-34-13-11-28-56(69)65-45-77-67(47-75(65)85)58-30-17-31-59-68-48-76-66(46-78(68)90(77)81(58)59)57-29-12-14-35-70(57)86(76)54-26-16-19-49(43-54)50-37-40-72-64(44-50)61-39-42-74-80(84(61)88(72)53-24-8-3-9-25-53)63-33-18-32-62-79-73(89(74)82(62)63)41-38-60-55-27-10-15-36-71(55)87(83(60)79)52-22-6-2-7-23-52/h1-48H. The second kappa shape index (κ2) is 16.9. The van der Waals surface area contributed by atoms with Crippen LogP contribution in [0.1, 0.15) is 0 Å². The Bertz CT molecular complexity index is 6870. The zero-order valence-corrected chi connectivity index (χ0v) is 48.4. The molecule has 8 aromatic heterocycles. The lowest BCUT2D eigenvalue weighted by atomic mass is 10.0. The number of hydrogen-bond donors (Lipinski definition) is 0. The predicted octanol–water partition coefficient (Wildman–Crippen LogP) is 22.0. The van der Waals surface area contributed by atoms with Crippen LogP contribution in [-0.4, -0.2) is 27.1 Å². The molecule has 414 valence electrons. The third-order valence-corrected chi connectivity index (χ3v) is 20.4. The molecule has 0 saturated carbocycles. The van der Waals surface area contributed by atoms with Crippen LogP contribution in [0.25, 0.3) is 197 Å². The maximum absolute atomic E-state index is 2.55. The van der Waals surface area contributed by atoms with Crippen LogP contribution < -0.4 is 0 Å². The zero-order valence-electron chi connectivity index (χ0n) is 48.4. The Morgan fingerprint density at radius 3 is 1.04 bits per heavy atom. The Morgan fingerprint density at radius 1 is 0.156 bits per heavy atom. The van der Waals surface area contributed by atoms with Crippen LogP contribution in [0.2, 0.25) is 0 Å². The Labute approximate surface area is 512 Å². The minimum absolute atomic E-state index is 1.13. The van der Waals surface area contributed by atoms with E-state index >= 15 is 0 Å². The van der Waals surface area contributed by atoms with Crippen LogP contribution in [0.3, 0.4) is 0 Å². The number of nitrogens with zero attached hydrogens (tertiary/aromatic N) is 6. The number of aromatic nitrogens is 6. The van der Waals surface area contributed by atoms with Gasteiger partial charge >= 0.3 is 0 Å². The number of hydrogen-bond acceptors (Lipinski definition) is 0. The molecule has 0 aliphatic rings. The number of rotatable bonds is 5. The van der Waals surface area contributed by atoms with Crippen molar-refractivity contribution < 1.29 is 0 Å². The lowest BCUT2D eigenvalue weighted by Crippen LogP contribution is -1.95. The molecule has 0 N–H and O–H groups in total. The maximum Gasteiger partial charge on any atom is 0.0641 e.